The first-order chi connectivity index (χ1) is 11.7. The first kappa shape index (κ1) is 18.9. The number of rotatable bonds is 5. The number of aromatic nitrogens is 1. The molecule has 1 heterocycles. The van der Waals surface area contributed by atoms with Crippen LogP contribution in [0.1, 0.15) is 28.9 Å². The van der Waals surface area contributed by atoms with E-state index in [1.54, 1.807) is 19.1 Å². The van der Waals surface area contributed by atoms with Crippen molar-refractivity contribution in [3.05, 3.63) is 52.7 Å². The number of phenolic OH excluding ortho intramolecular Hbond substituents is 1. The predicted molar refractivity (Wildman–Crippen MR) is 84.8 cm³/mol. The predicted octanol–water partition coefficient (Wildman–Crippen LogP) is 3.87. The Morgan fingerprint density at radius 1 is 1.40 bits per heavy atom. The van der Waals surface area contributed by atoms with Crippen LogP contribution in [0.2, 0.25) is 5.02 Å². The smallest absolute Gasteiger partial charge is 0.422 e. The minimum absolute atomic E-state index is 0.0643. The monoisotopic (exact) mass is 374 g/mol. The second-order valence-corrected chi connectivity index (χ2v) is 5.61. The summed E-state index contributed by atoms with van der Waals surface area (Å²) < 4.78 is 40.9. The van der Waals surface area contributed by atoms with Crippen molar-refractivity contribution in [3.63, 3.8) is 0 Å². The van der Waals surface area contributed by atoms with E-state index >= 15 is 0 Å². The number of carbonyl (C=O) groups excluding carboxylic acids is 1. The van der Waals surface area contributed by atoms with Gasteiger partial charge in [0.1, 0.15) is 10.8 Å². The van der Waals surface area contributed by atoms with Gasteiger partial charge in [0, 0.05) is 6.20 Å². The zero-order valence-electron chi connectivity index (χ0n) is 13.0. The number of halogens is 4. The largest absolute Gasteiger partial charge is 0.508 e. The summed E-state index contributed by atoms with van der Waals surface area (Å²) in [6.07, 6.45) is -3.44. The molecule has 2 rings (SSSR count). The van der Waals surface area contributed by atoms with Crippen molar-refractivity contribution in [2.24, 2.45) is 0 Å². The average molecular weight is 375 g/mol. The number of phenols is 1. The fraction of sp³-hybridized carbons (Fsp3) is 0.250. The molecule has 5 nitrogen and oxygen atoms in total. The van der Waals surface area contributed by atoms with Crippen LogP contribution in [0.25, 0.3) is 0 Å². The second kappa shape index (κ2) is 7.60. The standard InChI is InChI=1S/C16H14ClF3N2O3/c1-9(10-3-2-4-12(23)5-10)22-14(24)11-6-13(17)15(21-7-11)25-8-16(18,19)20/h2-7,9,23H,8H2,1H3,(H,22,24). The molecule has 1 aromatic heterocycles. The molecule has 1 atom stereocenters. The Kier molecular flexibility index (Phi) is 5.73. The highest BCUT2D eigenvalue weighted by molar-refractivity contribution is 6.32. The minimum atomic E-state index is -4.52. The molecule has 0 radical (unpaired) electrons. The van der Waals surface area contributed by atoms with Crippen LogP contribution in [0.15, 0.2) is 36.5 Å². The average Bonchev–Trinajstić information content (AvgIpc) is 2.52. The van der Waals surface area contributed by atoms with Crippen molar-refractivity contribution in [3.8, 4) is 11.6 Å². The fourth-order valence-corrected chi connectivity index (χ4v) is 2.18. The molecule has 1 aromatic carbocycles. The van der Waals surface area contributed by atoms with Gasteiger partial charge in [-0.05, 0) is 30.7 Å². The van der Waals surface area contributed by atoms with Crippen molar-refractivity contribution in [2.75, 3.05) is 6.61 Å². The number of carbonyl (C=O) groups is 1. The third kappa shape index (κ3) is 5.53. The number of alkyl halides is 3. The molecule has 0 aliphatic carbocycles. The Balaban J connectivity index is 2.05. The van der Waals surface area contributed by atoms with Gasteiger partial charge in [0.15, 0.2) is 6.61 Å². The van der Waals surface area contributed by atoms with Crippen molar-refractivity contribution in [2.45, 2.75) is 19.1 Å². The van der Waals surface area contributed by atoms with Gasteiger partial charge in [0.2, 0.25) is 5.88 Å². The van der Waals surface area contributed by atoms with Gasteiger partial charge in [0.05, 0.1) is 11.6 Å². The molecule has 0 spiro atoms. The maximum Gasteiger partial charge on any atom is 0.422 e. The van der Waals surface area contributed by atoms with Gasteiger partial charge in [-0.15, -0.1) is 0 Å². The number of amides is 1. The Labute approximate surface area is 146 Å². The van der Waals surface area contributed by atoms with E-state index in [1.807, 2.05) is 0 Å². The van der Waals surface area contributed by atoms with Crippen molar-refractivity contribution in [1.82, 2.24) is 10.3 Å². The van der Waals surface area contributed by atoms with Crippen LogP contribution in [0.4, 0.5) is 13.2 Å². The van der Waals surface area contributed by atoms with Gasteiger partial charge in [-0.3, -0.25) is 4.79 Å². The minimum Gasteiger partial charge on any atom is -0.508 e. The van der Waals surface area contributed by atoms with Gasteiger partial charge in [-0.25, -0.2) is 4.98 Å². The molecule has 25 heavy (non-hydrogen) atoms. The molecule has 2 N–H and O–H groups in total. The number of pyridine rings is 1. The third-order valence-electron chi connectivity index (χ3n) is 3.16. The second-order valence-electron chi connectivity index (χ2n) is 5.20. The Bertz CT molecular complexity index is 769. The van der Waals surface area contributed by atoms with E-state index in [1.165, 1.54) is 18.2 Å². The lowest BCUT2D eigenvalue weighted by Crippen LogP contribution is -2.26. The summed E-state index contributed by atoms with van der Waals surface area (Å²) in [5.74, 6) is -0.862. The van der Waals surface area contributed by atoms with E-state index in [4.69, 9.17) is 11.6 Å². The zero-order valence-corrected chi connectivity index (χ0v) is 13.7. The zero-order chi connectivity index (χ0) is 18.6. The lowest BCUT2D eigenvalue weighted by atomic mass is 10.1. The first-order valence-corrected chi connectivity index (χ1v) is 7.48. The summed E-state index contributed by atoms with van der Waals surface area (Å²) in [6.45, 7) is 0.183. The number of aromatic hydroxyl groups is 1. The number of nitrogens with one attached hydrogen (secondary N) is 1. The quantitative estimate of drug-likeness (QED) is 0.833. The molecule has 1 unspecified atom stereocenters. The summed E-state index contributed by atoms with van der Waals surface area (Å²) in [6, 6.07) is 7.12. The molecule has 9 heteroatoms. The van der Waals surface area contributed by atoms with Gasteiger partial charge >= 0.3 is 6.18 Å². The molecule has 2 aromatic rings. The molecule has 134 valence electrons. The van der Waals surface area contributed by atoms with E-state index in [9.17, 15) is 23.1 Å². The highest BCUT2D eigenvalue weighted by Gasteiger charge is 2.29. The van der Waals surface area contributed by atoms with Gasteiger partial charge in [-0.2, -0.15) is 13.2 Å². The summed E-state index contributed by atoms with van der Waals surface area (Å²) in [7, 11) is 0. The number of hydrogen-bond acceptors (Lipinski definition) is 4. The first-order valence-electron chi connectivity index (χ1n) is 7.10. The highest BCUT2D eigenvalue weighted by Crippen LogP contribution is 2.25. The summed E-state index contributed by atoms with van der Waals surface area (Å²) in [4.78, 5) is 15.8. The van der Waals surface area contributed by atoms with E-state index in [2.05, 4.69) is 15.0 Å². The maximum atomic E-state index is 12.2. The number of benzene rings is 1. The molecule has 1 amide bonds. The lowest BCUT2D eigenvalue weighted by Gasteiger charge is -2.15. The van der Waals surface area contributed by atoms with Crippen LogP contribution in [0.5, 0.6) is 11.6 Å². The number of hydrogen-bond donors (Lipinski definition) is 2. The fourth-order valence-electron chi connectivity index (χ4n) is 1.96. The van der Waals surface area contributed by atoms with E-state index in [0.717, 1.165) is 6.20 Å². The SMILES string of the molecule is CC(NC(=O)c1cnc(OCC(F)(F)F)c(Cl)c1)c1cccc(O)c1. The van der Waals surface area contributed by atoms with Gasteiger partial charge in [-0.1, -0.05) is 23.7 Å². The van der Waals surface area contributed by atoms with Crippen LogP contribution >= 0.6 is 11.6 Å². The van der Waals surface area contributed by atoms with Crippen LogP contribution in [-0.4, -0.2) is 28.8 Å². The van der Waals surface area contributed by atoms with Crippen molar-refractivity contribution >= 4 is 17.5 Å². The Morgan fingerprint density at radius 2 is 2.12 bits per heavy atom. The molecule has 0 bridgehead atoms. The normalized spacial score (nSPS) is 12.5. The molecule has 0 saturated heterocycles. The summed E-state index contributed by atoms with van der Waals surface area (Å²) in [5, 5.41) is 11.9. The summed E-state index contributed by atoms with van der Waals surface area (Å²) in [5.41, 5.74) is 0.744. The number of ether oxygens (including phenoxy) is 1. The molecule has 0 aliphatic heterocycles. The van der Waals surface area contributed by atoms with Crippen LogP contribution in [0.3, 0.4) is 0 Å². The Hall–Kier alpha value is -2.48. The molecule has 0 aliphatic rings. The van der Waals surface area contributed by atoms with Crippen molar-refractivity contribution in [1.29, 1.82) is 0 Å². The Morgan fingerprint density at radius 3 is 2.72 bits per heavy atom. The van der Waals surface area contributed by atoms with Crippen LogP contribution in [-0.2, 0) is 0 Å². The van der Waals surface area contributed by atoms with E-state index in [-0.39, 0.29) is 16.3 Å². The van der Waals surface area contributed by atoms with Gasteiger partial charge in [0.25, 0.3) is 5.91 Å². The molecular weight excluding hydrogens is 361 g/mol. The maximum absolute atomic E-state index is 12.2. The van der Waals surface area contributed by atoms with E-state index < -0.39 is 30.6 Å². The molecule has 0 fully saturated rings. The highest BCUT2D eigenvalue weighted by atomic mass is 35.5. The van der Waals surface area contributed by atoms with Gasteiger partial charge < -0.3 is 15.2 Å². The van der Waals surface area contributed by atoms with Crippen LogP contribution in [0, 0.1) is 0 Å². The van der Waals surface area contributed by atoms with Crippen molar-refractivity contribution < 1.29 is 27.8 Å². The molecule has 0 saturated carbocycles. The topological polar surface area (TPSA) is 71.5 Å². The third-order valence-corrected chi connectivity index (χ3v) is 3.43. The number of nitrogens with zero attached hydrogens (tertiary/aromatic N) is 1. The molecular formula is C16H14ClF3N2O3. The van der Waals surface area contributed by atoms with E-state index in [0.29, 0.717) is 5.56 Å². The summed E-state index contributed by atoms with van der Waals surface area (Å²) >= 11 is 5.81. The van der Waals surface area contributed by atoms with Crippen LogP contribution < -0.4 is 10.1 Å². The lowest BCUT2D eigenvalue weighted by molar-refractivity contribution is -0.154.